The largest absolute Gasteiger partial charge is 0.481 e. The molecule has 1 atom stereocenters. The molecule has 4 nitrogen and oxygen atoms in total. The van der Waals surface area contributed by atoms with Crippen LogP contribution in [0.25, 0.3) is 0 Å². The molecule has 0 spiro atoms. The summed E-state index contributed by atoms with van der Waals surface area (Å²) >= 11 is 0. The van der Waals surface area contributed by atoms with E-state index in [-0.39, 0.29) is 12.1 Å². The van der Waals surface area contributed by atoms with E-state index < -0.39 is 5.97 Å². The van der Waals surface area contributed by atoms with Gasteiger partial charge in [-0.3, -0.25) is 9.59 Å². The Kier molecular flexibility index (Phi) is 40.5. The molecular formula is C46H86O4. The lowest BCUT2D eigenvalue weighted by molar-refractivity contribution is -0.150. The van der Waals surface area contributed by atoms with E-state index >= 15 is 0 Å². The van der Waals surface area contributed by atoms with Crippen LogP contribution in [0.15, 0.2) is 24.3 Å². The summed E-state index contributed by atoms with van der Waals surface area (Å²) in [5, 5.41) is 8.69. The Morgan fingerprint density at radius 1 is 0.440 bits per heavy atom. The summed E-state index contributed by atoms with van der Waals surface area (Å²) in [4.78, 5) is 23.2. The van der Waals surface area contributed by atoms with Crippen molar-refractivity contribution in [2.24, 2.45) is 0 Å². The summed E-state index contributed by atoms with van der Waals surface area (Å²) in [5.41, 5.74) is 0. The maximum atomic E-state index is 12.6. The molecule has 0 rings (SSSR count). The number of rotatable bonds is 41. The van der Waals surface area contributed by atoms with E-state index in [9.17, 15) is 9.59 Å². The van der Waals surface area contributed by atoms with E-state index in [0.29, 0.717) is 12.8 Å². The van der Waals surface area contributed by atoms with Crippen LogP contribution in [0, 0.1) is 0 Å². The Bertz CT molecular complexity index is 757. The molecule has 0 fully saturated rings. The molecule has 294 valence electrons. The van der Waals surface area contributed by atoms with E-state index in [0.717, 1.165) is 44.9 Å². The maximum Gasteiger partial charge on any atom is 0.306 e. The van der Waals surface area contributed by atoms with Gasteiger partial charge in [-0.25, -0.2) is 0 Å². The molecule has 1 unspecified atom stereocenters. The van der Waals surface area contributed by atoms with Gasteiger partial charge in [-0.1, -0.05) is 192 Å². The number of carbonyl (C=O) groups is 2. The number of allylic oxidation sites excluding steroid dienone is 4. The molecule has 0 aromatic heterocycles. The normalized spacial score (nSPS) is 12.4. The van der Waals surface area contributed by atoms with Crippen molar-refractivity contribution in [2.75, 3.05) is 0 Å². The fourth-order valence-corrected chi connectivity index (χ4v) is 6.86. The zero-order valence-corrected chi connectivity index (χ0v) is 33.7. The Labute approximate surface area is 312 Å². The van der Waals surface area contributed by atoms with E-state index in [1.807, 2.05) is 0 Å². The molecule has 0 bridgehead atoms. The van der Waals surface area contributed by atoms with Crippen molar-refractivity contribution < 1.29 is 19.4 Å². The van der Waals surface area contributed by atoms with Crippen molar-refractivity contribution in [3.8, 4) is 0 Å². The van der Waals surface area contributed by atoms with Gasteiger partial charge >= 0.3 is 11.9 Å². The first-order valence-corrected chi connectivity index (χ1v) is 22.3. The van der Waals surface area contributed by atoms with Gasteiger partial charge in [-0.05, 0) is 70.6 Å². The topological polar surface area (TPSA) is 63.6 Å². The Morgan fingerprint density at radius 2 is 0.780 bits per heavy atom. The van der Waals surface area contributed by atoms with Crippen molar-refractivity contribution in [3.05, 3.63) is 24.3 Å². The highest BCUT2D eigenvalue weighted by Gasteiger charge is 2.14. The van der Waals surface area contributed by atoms with Gasteiger partial charge in [0.05, 0.1) is 0 Å². The lowest BCUT2D eigenvalue weighted by atomic mass is 10.0. The second-order valence-electron chi connectivity index (χ2n) is 15.2. The number of hydrogen-bond donors (Lipinski definition) is 1. The molecule has 0 aliphatic rings. The van der Waals surface area contributed by atoms with Crippen molar-refractivity contribution in [1.29, 1.82) is 0 Å². The van der Waals surface area contributed by atoms with E-state index in [4.69, 9.17) is 9.84 Å². The molecule has 0 aliphatic heterocycles. The number of ether oxygens (including phenoxy) is 1. The molecule has 0 aromatic rings. The van der Waals surface area contributed by atoms with Crippen molar-refractivity contribution in [3.63, 3.8) is 0 Å². The molecule has 0 heterocycles. The monoisotopic (exact) mass is 703 g/mol. The van der Waals surface area contributed by atoms with E-state index in [1.165, 1.54) is 180 Å². The minimum Gasteiger partial charge on any atom is -0.481 e. The second-order valence-corrected chi connectivity index (χ2v) is 15.2. The SMILES string of the molecule is CCCCC/C=C\C/C=C\CCCCCCCCCCCCCC(=O)OC(CCCCC)CCCCCCCCCCCCCCCC(=O)O. The van der Waals surface area contributed by atoms with Crippen LogP contribution in [0.2, 0.25) is 0 Å². The van der Waals surface area contributed by atoms with Gasteiger partial charge < -0.3 is 9.84 Å². The first-order valence-electron chi connectivity index (χ1n) is 22.3. The predicted molar refractivity (Wildman–Crippen MR) is 218 cm³/mol. The second kappa shape index (κ2) is 41.8. The average molecular weight is 703 g/mol. The number of aliphatic carboxylic acids is 1. The first-order chi connectivity index (χ1) is 24.6. The zero-order valence-electron chi connectivity index (χ0n) is 33.7. The van der Waals surface area contributed by atoms with E-state index in [2.05, 4.69) is 38.2 Å². The standard InChI is InChI=1S/C46H86O4/c1-3-5-7-8-9-10-11-12-13-14-15-16-17-18-19-23-26-29-32-35-39-43-46(49)50-44(40-36-6-4-2)41-37-33-30-27-24-21-20-22-25-28-31-34-38-42-45(47)48/h9-10,12-13,44H,3-8,11,14-43H2,1-2H3,(H,47,48)/b10-9-,13-12-. The van der Waals surface area contributed by atoms with Crippen LogP contribution >= 0.6 is 0 Å². The summed E-state index contributed by atoms with van der Waals surface area (Å²) < 4.78 is 5.99. The third-order valence-electron chi connectivity index (χ3n) is 10.2. The molecular weight excluding hydrogens is 617 g/mol. The summed E-state index contributed by atoms with van der Waals surface area (Å²) in [6.07, 6.45) is 54.0. The van der Waals surface area contributed by atoms with E-state index in [1.54, 1.807) is 0 Å². The quantitative estimate of drug-likeness (QED) is 0.0391. The van der Waals surface area contributed by atoms with Gasteiger partial charge in [0.1, 0.15) is 6.10 Å². The van der Waals surface area contributed by atoms with Crippen molar-refractivity contribution >= 4 is 11.9 Å². The zero-order chi connectivity index (χ0) is 36.4. The van der Waals surface area contributed by atoms with Gasteiger partial charge in [0, 0.05) is 12.8 Å². The Hall–Kier alpha value is -1.58. The first kappa shape index (κ1) is 48.4. The number of unbranched alkanes of at least 4 members (excludes halogenated alkanes) is 28. The molecule has 0 amide bonds. The van der Waals surface area contributed by atoms with Crippen molar-refractivity contribution in [2.45, 2.75) is 258 Å². The van der Waals surface area contributed by atoms with Crippen LogP contribution in [-0.2, 0) is 14.3 Å². The average Bonchev–Trinajstić information content (AvgIpc) is 3.10. The number of hydrogen-bond acceptors (Lipinski definition) is 3. The fraction of sp³-hybridized carbons (Fsp3) is 0.870. The van der Waals surface area contributed by atoms with Crippen LogP contribution in [0.4, 0.5) is 0 Å². The molecule has 0 aliphatic carbocycles. The summed E-state index contributed by atoms with van der Waals surface area (Å²) in [6, 6.07) is 0. The molecule has 1 N–H and O–H groups in total. The van der Waals surface area contributed by atoms with Gasteiger partial charge in [-0.2, -0.15) is 0 Å². The number of esters is 1. The predicted octanol–water partition coefficient (Wildman–Crippen LogP) is 15.6. The van der Waals surface area contributed by atoms with Crippen LogP contribution in [0.1, 0.15) is 251 Å². The van der Waals surface area contributed by atoms with Crippen LogP contribution < -0.4 is 0 Å². The molecule has 0 saturated heterocycles. The third-order valence-corrected chi connectivity index (χ3v) is 10.2. The van der Waals surface area contributed by atoms with Crippen LogP contribution in [-0.4, -0.2) is 23.1 Å². The summed E-state index contributed by atoms with van der Waals surface area (Å²) in [7, 11) is 0. The number of carbonyl (C=O) groups excluding carboxylic acids is 1. The lowest BCUT2D eigenvalue weighted by Gasteiger charge is -2.18. The van der Waals surface area contributed by atoms with Crippen LogP contribution in [0.5, 0.6) is 0 Å². The smallest absolute Gasteiger partial charge is 0.306 e. The third kappa shape index (κ3) is 40.8. The lowest BCUT2D eigenvalue weighted by Crippen LogP contribution is -2.18. The molecule has 0 aromatic carbocycles. The highest BCUT2D eigenvalue weighted by Crippen LogP contribution is 2.19. The van der Waals surface area contributed by atoms with Gasteiger partial charge in [0.25, 0.3) is 0 Å². The fourth-order valence-electron chi connectivity index (χ4n) is 6.86. The Morgan fingerprint density at radius 3 is 1.22 bits per heavy atom. The van der Waals surface area contributed by atoms with Gasteiger partial charge in [0.15, 0.2) is 0 Å². The Balaban J connectivity index is 3.66. The molecule has 50 heavy (non-hydrogen) atoms. The highest BCUT2D eigenvalue weighted by atomic mass is 16.5. The summed E-state index contributed by atoms with van der Waals surface area (Å²) in [6.45, 7) is 4.50. The van der Waals surface area contributed by atoms with Gasteiger partial charge in [0.2, 0.25) is 0 Å². The van der Waals surface area contributed by atoms with Crippen molar-refractivity contribution in [1.82, 2.24) is 0 Å². The minimum absolute atomic E-state index is 0.0388. The molecule has 0 saturated carbocycles. The number of carboxylic acids is 1. The highest BCUT2D eigenvalue weighted by molar-refractivity contribution is 5.69. The van der Waals surface area contributed by atoms with Crippen LogP contribution in [0.3, 0.4) is 0 Å². The van der Waals surface area contributed by atoms with Gasteiger partial charge in [-0.15, -0.1) is 0 Å². The summed E-state index contributed by atoms with van der Waals surface area (Å²) in [5.74, 6) is -0.628. The number of carboxylic acid groups (broad SMARTS) is 1. The maximum absolute atomic E-state index is 12.6. The molecule has 0 radical (unpaired) electrons. The minimum atomic E-state index is -0.667. The molecule has 4 heteroatoms.